The summed E-state index contributed by atoms with van der Waals surface area (Å²) in [6, 6.07) is 9.92. The SMILES string of the molecule is CC1(C)[C@H]2CC[C@]1(CS(=O)(=O)N1[C@H]([Si](C)(C)C)[C@@H]1c1ccccc1)C(=O)C2. The number of fused-ring (bicyclic) bond motifs is 2. The quantitative estimate of drug-likeness (QED) is 0.549. The minimum atomic E-state index is -3.50. The van der Waals surface area contributed by atoms with Crippen LogP contribution in [0.1, 0.15) is 44.7 Å². The van der Waals surface area contributed by atoms with E-state index >= 15 is 0 Å². The maximum Gasteiger partial charge on any atom is 0.215 e. The van der Waals surface area contributed by atoms with E-state index in [0.29, 0.717) is 12.3 Å². The van der Waals surface area contributed by atoms with Gasteiger partial charge in [0.25, 0.3) is 0 Å². The molecule has 0 N–H and O–H groups in total. The van der Waals surface area contributed by atoms with Gasteiger partial charge in [0.1, 0.15) is 5.78 Å². The lowest BCUT2D eigenvalue weighted by molar-refractivity contribution is -0.128. The molecule has 1 saturated heterocycles. The zero-order chi connectivity index (χ0) is 19.8. The highest BCUT2D eigenvalue weighted by molar-refractivity contribution is 7.89. The van der Waals surface area contributed by atoms with E-state index in [-0.39, 0.29) is 28.7 Å². The molecular formula is C21H31NO3SSi. The Bertz CT molecular complexity index is 874. The fraction of sp³-hybridized carbons (Fsp3) is 0.667. The molecule has 1 aliphatic heterocycles. The van der Waals surface area contributed by atoms with Crippen molar-refractivity contribution in [1.29, 1.82) is 0 Å². The van der Waals surface area contributed by atoms with Crippen molar-refractivity contribution in [3.8, 4) is 0 Å². The average molecular weight is 406 g/mol. The third-order valence-corrected chi connectivity index (χ3v) is 12.2. The zero-order valence-corrected chi connectivity index (χ0v) is 18.8. The van der Waals surface area contributed by atoms with E-state index in [4.69, 9.17) is 0 Å². The molecule has 3 fully saturated rings. The number of hydrogen-bond acceptors (Lipinski definition) is 3. The number of carbonyl (C=O) groups is 1. The number of hydrogen-bond donors (Lipinski definition) is 0. The molecule has 1 heterocycles. The van der Waals surface area contributed by atoms with Gasteiger partial charge in [0.05, 0.1) is 19.9 Å². The van der Waals surface area contributed by atoms with Crippen LogP contribution in [-0.4, -0.2) is 38.0 Å². The summed E-state index contributed by atoms with van der Waals surface area (Å²) < 4.78 is 29.0. The van der Waals surface area contributed by atoms with Crippen LogP contribution in [0.2, 0.25) is 19.6 Å². The number of sulfonamides is 1. The normalized spacial score (nSPS) is 37.6. The molecule has 2 saturated carbocycles. The van der Waals surface area contributed by atoms with Crippen molar-refractivity contribution in [1.82, 2.24) is 4.31 Å². The summed E-state index contributed by atoms with van der Waals surface area (Å²) >= 11 is 0. The van der Waals surface area contributed by atoms with Crippen LogP contribution in [0.5, 0.6) is 0 Å². The lowest BCUT2D eigenvalue weighted by Gasteiger charge is -2.36. The summed E-state index contributed by atoms with van der Waals surface area (Å²) in [7, 11) is -5.21. The Balaban J connectivity index is 1.69. The van der Waals surface area contributed by atoms with Crippen LogP contribution in [0.4, 0.5) is 0 Å². The topological polar surface area (TPSA) is 54.2 Å². The maximum atomic E-state index is 13.6. The number of rotatable bonds is 5. The molecule has 0 radical (unpaired) electrons. The van der Waals surface area contributed by atoms with E-state index in [2.05, 4.69) is 33.5 Å². The molecule has 4 nitrogen and oxygen atoms in total. The smallest absolute Gasteiger partial charge is 0.215 e. The molecule has 0 aromatic heterocycles. The van der Waals surface area contributed by atoms with E-state index < -0.39 is 23.5 Å². The molecule has 6 heteroatoms. The lowest BCUT2D eigenvalue weighted by Crippen LogP contribution is -2.44. The van der Waals surface area contributed by atoms with Crippen LogP contribution >= 0.6 is 0 Å². The third-order valence-electron chi connectivity index (χ3n) is 7.68. The van der Waals surface area contributed by atoms with Crippen molar-refractivity contribution >= 4 is 23.9 Å². The minimum Gasteiger partial charge on any atom is -0.299 e. The highest BCUT2D eigenvalue weighted by atomic mass is 32.2. The van der Waals surface area contributed by atoms with Gasteiger partial charge in [-0.15, -0.1) is 0 Å². The van der Waals surface area contributed by atoms with Crippen LogP contribution in [0.25, 0.3) is 0 Å². The van der Waals surface area contributed by atoms with Crippen LogP contribution < -0.4 is 0 Å². The second-order valence-corrected chi connectivity index (χ2v) is 17.6. The second kappa shape index (κ2) is 5.77. The van der Waals surface area contributed by atoms with Gasteiger partial charge in [0.15, 0.2) is 0 Å². The minimum absolute atomic E-state index is 0.00729. The van der Waals surface area contributed by atoms with Crippen LogP contribution in [0, 0.1) is 16.7 Å². The summed E-state index contributed by atoms with van der Waals surface area (Å²) in [5.41, 5.74) is 0.249. The van der Waals surface area contributed by atoms with Crippen molar-refractivity contribution in [2.24, 2.45) is 16.7 Å². The Morgan fingerprint density at radius 3 is 2.26 bits per heavy atom. The zero-order valence-electron chi connectivity index (χ0n) is 17.0. The van der Waals surface area contributed by atoms with Gasteiger partial charge in [-0.2, -0.15) is 4.31 Å². The molecule has 1 aromatic carbocycles. The number of ketones is 1. The summed E-state index contributed by atoms with van der Waals surface area (Å²) in [5.74, 6) is 0.509. The Morgan fingerprint density at radius 1 is 1.15 bits per heavy atom. The molecule has 0 spiro atoms. The second-order valence-electron chi connectivity index (χ2n) is 10.4. The highest BCUT2D eigenvalue weighted by Crippen LogP contribution is 2.65. The van der Waals surface area contributed by atoms with E-state index in [1.807, 2.05) is 30.3 Å². The van der Waals surface area contributed by atoms with Gasteiger partial charge in [-0.3, -0.25) is 4.79 Å². The van der Waals surface area contributed by atoms with Gasteiger partial charge in [-0.25, -0.2) is 8.42 Å². The summed E-state index contributed by atoms with van der Waals surface area (Å²) in [5, 5.41) is 0. The standard InChI is InChI=1S/C21H31NO3SSi/c1-20(2)16-11-12-21(20,17(23)13-16)14-26(24,25)22-18(19(22)27(3,4)5)15-9-7-6-8-10-15/h6-10,16,18-19H,11-14H2,1-5H3/t16-,18-,19+,21-,22?/m0/s1. The monoisotopic (exact) mass is 405 g/mol. The van der Waals surface area contributed by atoms with Crippen LogP contribution in [-0.2, 0) is 14.8 Å². The van der Waals surface area contributed by atoms with Crippen molar-refractivity contribution in [2.75, 3.05) is 5.75 Å². The maximum absolute atomic E-state index is 13.6. The fourth-order valence-corrected chi connectivity index (χ4v) is 12.0. The van der Waals surface area contributed by atoms with Gasteiger partial charge in [-0.05, 0) is 29.7 Å². The van der Waals surface area contributed by atoms with Gasteiger partial charge in [-0.1, -0.05) is 63.8 Å². The Hall–Kier alpha value is -0.983. The van der Waals surface area contributed by atoms with E-state index in [9.17, 15) is 13.2 Å². The largest absolute Gasteiger partial charge is 0.299 e. The lowest BCUT2D eigenvalue weighted by atomic mass is 9.70. The summed E-state index contributed by atoms with van der Waals surface area (Å²) in [6.07, 6.45) is 2.26. The van der Waals surface area contributed by atoms with Crippen molar-refractivity contribution < 1.29 is 13.2 Å². The number of Topliss-reactive ketones (excluding diaryl/α,β-unsaturated/α-hetero) is 1. The van der Waals surface area contributed by atoms with Crippen molar-refractivity contribution in [3.05, 3.63) is 35.9 Å². The number of nitrogens with zero attached hydrogens (tertiary/aromatic N) is 1. The molecule has 27 heavy (non-hydrogen) atoms. The molecule has 2 aliphatic carbocycles. The molecule has 1 aromatic rings. The summed E-state index contributed by atoms with van der Waals surface area (Å²) in [4.78, 5) is 12.8. The van der Waals surface area contributed by atoms with Gasteiger partial charge in [0.2, 0.25) is 10.0 Å². The fourth-order valence-electron chi connectivity index (χ4n) is 5.89. The molecule has 3 aliphatic rings. The Kier molecular flexibility index (Phi) is 4.13. The highest BCUT2D eigenvalue weighted by Gasteiger charge is 2.68. The average Bonchev–Trinajstić information content (AvgIpc) is 3.26. The van der Waals surface area contributed by atoms with E-state index in [0.717, 1.165) is 18.4 Å². The first-order valence-electron chi connectivity index (χ1n) is 10.0. The molecule has 2 bridgehead atoms. The van der Waals surface area contributed by atoms with Gasteiger partial charge >= 0.3 is 0 Å². The Labute approximate surface area is 164 Å². The van der Waals surface area contributed by atoms with Crippen molar-refractivity contribution in [2.45, 2.75) is 64.5 Å². The predicted octanol–water partition coefficient (Wildman–Crippen LogP) is 4.01. The molecule has 4 rings (SSSR count). The molecule has 5 atom stereocenters. The number of carbonyl (C=O) groups excluding carboxylic acids is 1. The first-order chi connectivity index (χ1) is 12.4. The van der Waals surface area contributed by atoms with E-state index in [1.165, 1.54) is 0 Å². The molecule has 148 valence electrons. The first-order valence-corrected chi connectivity index (χ1v) is 15.2. The predicted molar refractivity (Wildman–Crippen MR) is 111 cm³/mol. The molecule has 1 unspecified atom stereocenters. The molecular weight excluding hydrogens is 374 g/mol. The van der Waals surface area contributed by atoms with E-state index in [1.54, 1.807) is 4.31 Å². The van der Waals surface area contributed by atoms with Gasteiger partial charge < -0.3 is 0 Å². The van der Waals surface area contributed by atoms with Crippen LogP contribution in [0.3, 0.4) is 0 Å². The number of benzene rings is 1. The summed E-state index contributed by atoms with van der Waals surface area (Å²) in [6.45, 7) is 10.9. The van der Waals surface area contributed by atoms with Crippen LogP contribution in [0.15, 0.2) is 30.3 Å². The first kappa shape index (κ1) is 19.3. The van der Waals surface area contributed by atoms with Crippen molar-refractivity contribution in [3.63, 3.8) is 0 Å². The Morgan fingerprint density at radius 2 is 1.78 bits per heavy atom. The van der Waals surface area contributed by atoms with Gasteiger partial charge in [0, 0.05) is 17.5 Å². The third kappa shape index (κ3) is 2.70. The molecule has 0 amide bonds.